The third kappa shape index (κ3) is 4.17. The average Bonchev–Trinajstić information content (AvgIpc) is 3.69. The molecule has 1 aliphatic heterocycles. The third-order valence-electron chi connectivity index (χ3n) is 6.68. The van der Waals surface area contributed by atoms with Crippen LogP contribution >= 0.6 is 0 Å². The maximum Gasteiger partial charge on any atom is 0.255 e. The van der Waals surface area contributed by atoms with E-state index in [4.69, 9.17) is 4.74 Å². The lowest BCUT2D eigenvalue weighted by molar-refractivity contribution is -0.124. The molecule has 0 aromatic heterocycles. The van der Waals surface area contributed by atoms with E-state index >= 15 is 0 Å². The van der Waals surface area contributed by atoms with Crippen molar-refractivity contribution in [3.63, 3.8) is 0 Å². The summed E-state index contributed by atoms with van der Waals surface area (Å²) in [4.78, 5) is 29.3. The van der Waals surface area contributed by atoms with Gasteiger partial charge in [0.15, 0.2) is 0 Å². The summed E-state index contributed by atoms with van der Waals surface area (Å²) in [6.45, 7) is 0.236. The van der Waals surface area contributed by atoms with Crippen molar-refractivity contribution in [1.82, 2.24) is 10.2 Å². The number of nitrogens with zero attached hydrogens (tertiary/aromatic N) is 1. The molecule has 34 heavy (non-hydrogen) atoms. The molecule has 0 unspecified atom stereocenters. The van der Waals surface area contributed by atoms with E-state index in [9.17, 15) is 14.7 Å². The maximum absolute atomic E-state index is 13.8. The monoisotopic (exact) mass is 456 g/mol. The number of benzene rings is 3. The van der Waals surface area contributed by atoms with Gasteiger partial charge in [0.25, 0.3) is 5.91 Å². The predicted molar refractivity (Wildman–Crippen MR) is 128 cm³/mol. The van der Waals surface area contributed by atoms with E-state index in [0.29, 0.717) is 17.9 Å². The van der Waals surface area contributed by atoms with Crippen LogP contribution in [0.1, 0.15) is 57.4 Å². The van der Waals surface area contributed by atoms with E-state index in [1.54, 1.807) is 18.1 Å². The van der Waals surface area contributed by atoms with Crippen molar-refractivity contribution in [2.75, 3.05) is 7.11 Å². The SMILES string of the molecule is COc1ccccc1CN1C(=O)c2ccccc2[C@@H](C(=O)NC2CC2)[C@@H]1c1ccc(CO)cc1. The Morgan fingerprint density at radius 3 is 2.44 bits per heavy atom. The van der Waals surface area contributed by atoms with Gasteiger partial charge in [-0.1, -0.05) is 60.7 Å². The smallest absolute Gasteiger partial charge is 0.255 e. The highest BCUT2D eigenvalue weighted by Gasteiger charge is 2.45. The van der Waals surface area contributed by atoms with Gasteiger partial charge in [0, 0.05) is 17.2 Å². The summed E-state index contributed by atoms with van der Waals surface area (Å²) in [6.07, 6.45) is 1.97. The number of rotatable bonds is 7. The predicted octanol–water partition coefficient (Wildman–Crippen LogP) is 3.95. The molecule has 0 bridgehead atoms. The van der Waals surface area contributed by atoms with E-state index in [0.717, 1.165) is 35.1 Å². The molecule has 6 nitrogen and oxygen atoms in total. The van der Waals surface area contributed by atoms with Crippen molar-refractivity contribution in [3.05, 3.63) is 101 Å². The fraction of sp³-hybridized carbons (Fsp3) is 0.286. The minimum Gasteiger partial charge on any atom is -0.496 e. The largest absolute Gasteiger partial charge is 0.496 e. The molecular weight excluding hydrogens is 428 g/mol. The molecule has 0 radical (unpaired) electrons. The Labute approximate surface area is 199 Å². The van der Waals surface area contributed by atoms with E-state index in [2.05, 4.69) is 5.32 Å². The number of methoxy groups -OCH3 is 1. The highest BCUT2D eigenvalue weighted by Crippen LogP contribution is 2.44. The van der Waals surface area contributed by atoms with Crippen molar-refractivity contribution in [1.29, 1.82) is 0 Å². The van der Waals surface area contributed by atoms with Crippen LogP contribution in [0.4, 0.5) is 0 Å². The summed E-state index contributed by atoms with van der Waals surface area (Å²) in [5, 5.41) is 12.7. The summed E-state index contributed by atoms with van der Waals surface area (Å²) in [5.41, 5.74) is 3.80. The molecular formula is C28H28N2O4. The Morgan fingerprint density at radius 1 is 1.03 bits per heavy atom. The second kappa shape index (κ2) is 9.31. The van der Waals surface area contributed by atoms with Crippen molar-refractivity contribution in [2.24, 2.45) is 0 Å². The molecule has 3 aromatic rings. The molecule has 5 rings (SSSR count). The Balaban J connectivity index is 1.64. The van der Waals surface area contributed by atoms with Crippen LogP contribution in [-0.4, -0.2) is 35.0 Å². The third-order valence-corrected chi connectivity index (χ3v) is 6.68. The zero-order valence-electron chi connectivity index (χ0n) is 19.1. The van der Waals surface area contributed by atoms with Gasteiger partial charge in [0.1, 0.15) is 5.75 Å². The van der Waals surface area contributed by atoms with Crippen LogP contribution in [0, 0.1) is 0 Å². The normalized spacial score (nSPS) is 19.5. The van der Waals surface area contributed by atoms with E-state index < -0.39 is 12.0 Å². The summed E-state index contributed by atoms with van der Waals surface area (Å²) >= 11 is 0. The molecule has 174 valence electrons. The molecule has 1 aliphatic carbocycles. The second-order valence-electron chi connectivity index (χ2n) is 8.94. The summed E-state index contributed by atoms with van der Waals surface area (Å²) < 4.78 is 5.55. The van der Waals surface area contributed by atoms with Gasteiger partial charge in [-0.05, 0) is 41.7 Å². The van der Waals surface area contributed by atoms with Gasteiger partial charge >= 0.3 is 0 Å². The number of hydrogen-bond acceptors (Lipinski definition) is 4. The highest BCUT2D eigenvalue weighted by atomic mass is 16.5. The summed E-state index contributed by atoms with van der Waals surface area (Å²) in [6, 6.07) is 22.2. The minimum absolute atomic E-state index is 0.0660. The first-order chi connectivity index (χ1) is 16.6. The molecule has 0 saturated heterocycles. The first-order valence-electron chi connectivity index (χ1n) is 11.6. The molecule has 2 N–H and O–H groups in total. The van der Waals surface area contributed by atoms with Crippen LogP contribution in [0.2, 0.25) is 0 Å². The van der Waals surface area contributed by atoms with Gasteiger partial charge in [0.2, 0.25) is 5.91 Å². The molecule has 3 aromatic carbocycles. The first-order valence-corrected chi connectivity index (χ1v) is 11.6. The fourth-order valence-electron chi connectivity index (χ4n) is 4.78. The van der Waals surface area contributed by atoms with Crippen LogP contribution in [0.3, 0.4) is 0 Å². The second-order valence-corrected chi connectivity index (χ2v) is 8.94. The Kier molecular flexibility index (Phi) is 6.07. The number of aliphatic hydroxyl groups excluding tert-OH is 1. The molecule has 1 saturated carbocycles. The lowest BCUT2D eigenvalue weighted by Gasteiger charge is -2.42. The molecule has 1 heterocycles. The number of hydrogen-bond donors (Lipinski definition) is 2. The van der Waals surface area contributed by atoms with Crippen LogP contribution in [0.15, 0.2) is 72.8 Å². The molecule has 1 fully saturated rings. The maximum atomic E-state index is 13.8. The van der Waals surface area contributed by atoms with Crippen LogP contribution in [0.25, 0.3) is 0 Å². The van der Waals surface area contributed by atoms with Crippen molar-refractivity contribution >= 4 is 11.8 Å². The zero-order valence-corrected chi connectivity index (χ0v) is 19.1. The molecule has 6 heteroatoms. The quantitative estimate of drug-likeness (QED) is 0.564. The molecule has 2 atom stereocenters. The number of ether oxygens (including phenoxy) is 1. The average molecular weight is 457 g/mol. The van der Waals surface area contributed by atoms with Crippen molar-refractivity contribution in [2.45, 2.75) is 44.0 Å². The number of carbonyl (C=O) groups excluding carboxylic acids is 2. The van der Waals surface area contributed by atoms with Gasteiger partial charge < -0.3 is 20.1 Å². The standard InChI is InChI=1S/C28H28N2O4/c1-34-24-9-5-2-6-20(24)16-30-26(19-12-10-18(17-31)11-13-19)25(27(32)29-21-14-15-21)22-7-3-4-8-23(22)28(30)33/h2-13,21,25-26,31H,14-17H2,1H3,(H,29,32)/t25-,26+/m1/s1. The number of amides is 2. The molecule has 2 amide bonds. The van der Waals surface area contributed by atoms with Crippen LogP contribution in [0.5, 0.6) is 5.75 Å². The van der Waals surface area contributed by atoms with Gasteiger partial charge in [-0.2, -0.15) is 0 Å². The van der Waals surface area contributed by atoms with Crippen LogP contribution in [-0.2, 0) is 17.9 Å². The van der Waals surface area contributed by atoms with Gasteiger partial charge in [-0.25, -0.2) is 0 Å². The van der Waals surface area contributed by atoms with Crippen molar-refractivity contribution < 1.29 is 19.4 Å². The lowest BCUT2D eigenvalue weighted by atomic mass is 9.78. The fourth-order valence-corrected chi connectivity index (χ4v) is 4.78. The Bertz CT molecular complexity index is 1200. The topological polar surface area (TPSA) is 78.9 Å². The van der Waals surface area contributed by atoms with Gasteiger partial charge in [-0.15, -0.1) is 0 Å². The van der Waals surface area contributed by atoms with Crippen molar-refractivity contribution in [3.8, 4) is 5.75 Å². The minimum atomic E-state index is -0.552. The number of fused-ring (bicyclic) bond motifs is 1. The van der Waals surface area contributed by atoms with E-state index in [1.807, 2.05) is 66.7 Å². The Hall–Kier alpha value is -3.64. The van der Waals surface area contributed by atoms with E-state index in [-0.39, 0.29) is 24.5 Å². The Morgan fingerprint density at radius 2 is 1.74 bits per heavy atom. The summed E-state index contributed by atoms with van der Waals surface area (Å²) in [7, 11) is 1.61. The number of nitrogens with one attached hydrogen (secondary N) is 1. The first kappa shape index (κ1) is 22.2. The van der Waals surface area contributed by atoms with Crippen LogP contribution < -0.4 is 10.1 Å². The molecule has 2 aliphatic rings. The zero-order chi connectivity index (χ0) is 23.7. The number of carbonyl (C=O) groups is 2. The van der Waals surface area contributed by atoms with Gasteiger partial charge in [-0.3, -0.25) is 9.59 Å². The van der Waals surface area contributed by atoms with Gasteiger partial charge in [0.05, 0.1) is 32.2 Å². The number of para-hydroxylation sites is 1. The molecule has 0 spiro atoms. The number of aliphatic hydroxyl groups is 1. The highest BCUT2D eigenvalue weighted by molar-refractivity contribution is 6.01. The summed E-state index contributed by atoms with van der Waals surface area (Å²) in [5.74, 6) is -0.0383. The lowest BCUT2D eigenvalue weighted by Crippen LogP contribution is -2.47. The van der Waals surface area contributed by atoms with E-state index in [1.165, 1.54) is 0 Å².